The minimum Gasteiger partial charge on any atom is -0.508 e. The third kappa shape index (κ3) is 1.74. The molecule has 1 aliphatic heterocycles. The van der Waals surface area contributed by atoms with Crippen LogP contribution in [0.3, 0.4) is 0 Å². The fourth-order valence-corrected chi connectivity index (χ4v) is 1.75. The molecule has 0 spiro atoms. The normalized spacial score (nSPS) is 27.5. The molecule has 2 rings (SSSR count). The van der Waals surface area contributed by atoms with Gasteiger partial charge in [0.05, 0.1) is 6.61 Å². The molecule has 1 saturated heterocycles. The predicted octanol–water partition coefficient (Wildman–Crippen LogP) is 1.23. The SMILES string of the molecule is C[C@]1(c2cccc(O)c2)CNCCO1. The molecule has 14 heavy (non-hydrogen) atoms. The van der Waals surface area contributed by atoms with Gasteiger partial charge in [0.15, 0.2) is 0 Å². The topological polar surface area (TPSA) is 41.5 Å². The lowest BCUT2D eigenvalue weighted by atomic mass is 9.94. The zero-order valence-corrected chi connectivity index (χ0v) is 8.29. The summed E-state index contributed by atoms with van der Waals surface area (Å²) in [5, 5.41) is 12.7. The van der Waals surface area contributed by atoms with Crippen molar-refractivity contribution >= 4 is 0 Å². The molecular weight excluding hydrogens is 178 g/mol. The largest absolute Gasteiger partial charge is 0.508 e. The molecule has 1 aromatic carbocycles. The summed E-state index contributed by atoms with van der Waals surface area (Å²) in [5.74, 6) is 0.290. The first-order chi connectivity index (χ1) is 6.71. The second-order valence-corrected chi connectivity index (χ2v) is 3.81. The molecule has 3 heteroatoms. The van der Waals surface area contributed by atoms with Gasteiger partial charge in [-0.05, 0) is 24.6 Å². The molecule has 2 N–H and O–H groups in total. The van der Waals surface area contributed by atoms with Gasteiger partial charge in [-0.15, -0.1) is 0 Å². The number of aromatic hydroxyl groups is 1. The smallest absolute Gasteiger partial charge is 0.115 e. The number of ether oxygens (including phenoxy) is 1. The van der Waals surface area contributed by atoms with Crippen LogP contribution >= 0.6 is 0 Å². The van der Waals surface area contributed by atoms with Gasteiger partial charge in [-0.3, -0.25) is 0 Å². The van der Waals surface area contributed by atoms with Crippen molar-refractivity contribution in [1.29, 1.82) is 0 Å². The first-order valence-electron chi connectivity index (χ1n) is 4.85. The van der Waals surface area contributed by atoms with Crippen LogP contribution in [0.4, 0.5) is 0 Å². The highest BCUT2D eigenvalue weighted by Gasteiger charge is 2.29. The third-order valence-corrected chi connectivity index (χ3v) is 2.62. The number of hydrogen-bond acceptors (Lipinski definition) is 3. The highest BCUT2D eigenvalue weighted by Crippen LogP contribution is 2.28. The quantitative estimate of drug-likeness (QED) is 0.704. The van der Waals surface area contributed by atoms with E-state index in [1.165, 1.54) is 0 Å². The Hall–Kier alpha value is -1.06. The molecule has 0 bridgehead atoms. The van der Waals surface area contributed by atoms with Gasteiger partial charge in [-0.2, -0.15) is 0 Å². The van der Waals surface area contributed by atoms with E-state index in [-0.39, 0.29) is 11.4 Å². The van der Waals surface area contributed by atoms with E-state index in [4.69, 9.17) is 4.74 Å². The molecule has 3 nitrogen and oxygen atoms in total. The van der Waals surface area contributed by atoms with Crippen molar-refractivity contribution in [2.45, 2.75) is 12.5 Å². The van der Waals surface area contributed by atoms with Gasteiger partial charge in [0.2, 0.25) is 0 Å². The minimum atomic E-state index is -0.309. The monoisotopic (exact) mass is 193 g/mol. The molecule has 0 saturated carbocycles. The van der Waals surface area contributed by atoms with E-state index < -0.39 is 0 Å². The number of hydrogen-bond donors (Lipinski definition) is 2. The van der Waals surface area contributed by atoms with Crippen LogP contribution in [0.2, 0.25) is 0 Å². The summed E-state index contributed by atoms with van der Waals surface area (Å²) < 4.78 is 5.73. The summed E-state index contributed by atoms with van der Waals surface area (Å²) in [6, 6.07) is 7.25. The van der Waals surface area contributed by atoms with Gasteiger partial charge in [0.1, 0.15) is 11.4 Å². The van der Waals surface area contributed by atoms with E-state index >= 15 is 0 Å². The minimum absolute atomic E-state index is 0.290. The first kappa shape index (κ1) is 9.49. The van der Waals surface area contributed by atoms with Gasteiger partial charge >= 0.3 is 0 Å². The Kier molecular flexibility index (Phi) is 2.44. The van der Waals surface area contributed by atoms with Crippen molar-refractivity contribution < 1.29 is 9.84 Å². The van der Waals surface area contributed by atoms with E-state index in [0.717, 1.165) is 18.7 Å². The van der Waals surface area contributed by atoms with Crippen LogP contribution in [0, 0.1) is 0 Å². The van der Waals surface area contributed by atoms with Crippen molar-refractivity contribution in [2.75, 3.05) is 19.7 Å². The molecule has 0 unspecified atom stereocenters. The average molecular weight is 193 g/mol. The van der Waals surface area contributed by atoms with Crippen LogP contribution in [0.15, 0.2) is 24.3 Å². The maximum atomic E-state index is 9.38. The van der Waals surface area contributed by atoms with E-state index in [0.29, 0.717) is 6.61 Å². The van der Waals surface area contributed by atoms with Crippen LogP contribution in [-0.2, 0) is 10.3 Å². The Morgan fingerprint density at radius 2 is 2.36 bits per heavy atom. The Morgan fingerprint density at radius 3 is 3.00 bits per heavy atom. The highest BCUT2D eigenvalue weighted by atomic mass is 16.5. The summed E-state index contributed by atoms with van der Waals surface area (Å²) >= 11 is 0. The molecule has 0 amide bonds. The van der Waals surface area contributed by atoms with E-state index in [9.17, 15) is 5.11 Å². The van der Waals surface area contributed by atoms with Crippen LogP contribution in [-0.4, -0.2) is 24.8 Å². The lowest BCUT2D eigenvalue weighted by Crippen LogP contribution is -2.45. The van der Waals surface area contributed by atoms with E-state index in [1.807, 2.05) is 19.1 Å². The number of phenolic OH excluding ortho intramolecular Hbond substituents is 1. The van der Waals surface area contributed by atoms with Crippen LogP contribution in [0.5, 0.6) is 5.75 Å². The Balaban J connectivity index is 2.28. The number of phenols is 1. The molecule has 1 fully saturated rings. The van der Waals surface area contributed by atoms with Crippen LogP contribution in [0.25, 0.3) is 0 Å². The van der Waals surface area contributed by atoms with E-state index in [2.05, 4.69) is 5.32 Å². The molecule has 1 aromatic rings. The Labute approximate surface area is 83.7 Å². The summed E-state index contributed by atoms with van der Waals surface area (Å²) in [6.45, 7) is 4.44. The zero-order chi connectivity index (χ0) is 10.0. The number of benzene rings is 1. The highest BCUT2D eigenvalue weighted by molar-refractivity contribution is 5.31. The summed E-state index contributed by atoms with van der Waals surface area (Å²) in [7, 11) is 0. The van der Waals surface area contributed by atoms with Gasteiger partial charge in [-0.25, -0.2) is 0 Å². The second-order valence-electron chi connectivity index (χ2n) is 3.81. The lowest BCUT2D eigenvalue weighted by Gasteiger charge is -2.34. The van der Waals surface area contributed by atoms with Crippen molar-refractivity contribution in [3.05, 3.63) is 29.8 Å². The average Bonchev–Trinajstić information content (AvgIpc) is 2.19. The van der Waals surface area contributed by atoms with Crippen molar-refractivity contribution in [3.8, 4) is 5.75 Å². The third-order valence-electron chi connectivity index (χ3n) is 2.62. The van der Waals surface area contributed by atoms with Gasteiger partial charge < -0.3 is 15.2 Å². The fourth-order valence-electron chi connectivity index (χ4n) is 1.75. The van der Waals surface area contributed by atoms with Crippen molar-refractivity contribution in [2.24, 2.45) is 0 Å². The fraction of sp³-hybridized carbons (Fsp3) is 0.455. The second kappa shape index (κ2) is 3.59. The molecule has 76 valence electrons. The standard InChI is InChI=1S/C11H15NO2/c1-11(8-12-5-6-14-11)9-3-2-4-10(13)7-9/h2-4,7,12-13H,5-6,8H2,1H3/t11-/m1/s1. The molecule has 0 aliphatic carbocycles. The van der Waals surface area contributed by atoms with Crippen LogP contribution in [0.1, 0.15) is 12.5 Å². The lowest BCUT2D eigenvalue weighted by molar-refractivity contribution is -0.0573. The molecule has 1 heterocycles. The van der Waals surface area contributed by atoms with Crippen molar-refractivity contribution in [1.82, 2.24) is 5.32 Å². The maximum Gasteiger partial charge on any atom is 0.115 e. The summed E-state index contributed by atoms with van der Waals surface area (Å²) in [5.41, 5.74) is 0.710. The number of morpholine rings is 1. The molecule has 1 atom stereocenters. The van der Waals surface area contributed by atoms with Crippen LogP contribution < -0.4 is 5.32 Å². The number of rotatable bonds is 1. The predicted molar refractivity (Wildman–Crippen MR) is 54.3 cm³/mol. The summed E-state index contributed by atoms with van der Waals surface area (Å²) in [6.07, 6.45) is 0. The molecule has 0 radical (unpaired) electrons. The molecule has 1 aliphatic rings. The molecule has 0 aromatic heterocycles. The van der Waals surface area contributed by atoms with Gasteiger partial charge in [0, 0.05) is 13.1 Å². The number of nitrogens with one attached hydrogen (secondary N) is 1. The zero-order valence-electron chi connectivity index (χ0n) is 8.29. The molecular formula is C11H15NO2. The maximum absolute atomic E-state index is 9.38. The van der Waals surface area contributed by atoms with Gasteiger partial charge in [-0.1, -0.05) is 12.1 Å². The van der Waals surface area contributed by atoms with Gasteiger partial charge in [0.25, 0.3) is 0 Å². The Bertz CT molecular complexity index is 319. The first-order valence-corrected chi connectivity index (χ1v) is 4.85. The Morgan fingerprint density at radius 1 is 1.50 bits per heavy atom. The summed E-state index contributed by atoms with van der Waals surface area (Å²) in [4.78, 5) is 0. The van der Waals surface area contributed by atoms with Crippen molar-refractivity contribution in [3.63, 3.8) is 0 Å². The van der Waals surface area contributed by atoms with E-state index in [1.54, 1.807) is 12.1 Å².